The molecule has 4 nitrogen and oxygen atoms in total. The molecular weight excluding hydrogens is 324 g/mol. The Morgan fingerprint density at radius 3 is 2.62 bits per heavy atom. The standard InChI is InChI=1S/C19H22N2O2.ClH/c22-19(17-10-6-12-20-17)21-13-16-9-4-5-11-18(16)23-14-15-7-2-1-3-8-15;/h1-5,7-9,11,17,20H,6,10,12-14H2,(H,21,22);1H/t17-;/m0./s1. The fourth-order valence-electron chi connectivity index (χ4n) is 2.74. The third-order valence-corrected chi connectivity index (χ3v) is 4.04. The van der Waals surface area contributed by atoms with Crippen LogP contribution in [0.25, 0.3) is 0 Å². The van der Waals surface area contributed by atoms with Crippen molar-refractivity contribution in [2.45, 2.75) is 32.0 Å². The van der Waals surface area contributed by atoms with Crippen molar-refractivity contribution in [3.63, 3.8) is 0 Å². The SMILES string of the molecule is Cl.O=C(NCc1ccccc1OCc1ccccc1)[C@@H]1CCCN1. The lowest BCUT2D eigenvalue weighted by atomic mass is 10.1. The number of nitrogens with one attached hydrogen (secondary N) is 2. The number of hydrogen-bond donors (Lipinski definition) is 2. The van der Waals surface area contributed by atoms with E-state index < -0.39 is 0 Å². The van der Waals surface area contributed by atoms with Gasteiger partial charge >= 0.3 is 0 Å². The van der Waals surface area contributed by atoms with Crippen LogP contribution in [0.1, 0.15) is 24.0 Å². The van der Waals surface area contributed by atoms with Gasteiger partial charge in [-0.2, -0.15) is 0 Å². The molecule has 1 aliphatic rings. The molecular formula is C19H23ClN2O2. The topological polar surface area (TPSA) is 50.4 Å². The maximum atomic E-state index is 12.1. The summed E-state index contributed by atoms with van der Waals surface area (Å²) in [5, 5.41) is 6.21. The van der Waals surface area contributed by atoms with Gasteiger partial charge in [-0.05, 0) is 31.0 Å². The quantitative estimate of drug-likeness (QED) is 0.845. The Bertz CT molecular complexity index is 643. The molecule has 1 atom stereocenters. The summed E-state index contributed by atoms with van der Waals surface area (Å²) in [5.41, 5.74) is 2.12. The number of amides is 1. The van der Waals surface area contributed by atoms with E-state index in [-0.39, 0.29) is 24.4 Å². The predicted molar refractivity (Wildman–Crippen MR) is 97.3 cm³/mol. The van der Waals surface area contributed by atoms with Gasteiger partial charge in [0.1, 0.15) is 12.4 Å². The Morgan fingerprint density at radius 1 is 1.12 bits per heavy atom. The second-order valence-electron chi connectivity index (χ2n) is 5.75. The molecule has 0 spiro atoms. The molecule has 2 aromatic rings. The van der Waals surface area contributed by atoms with Gasteiger partial charge in [0.25, 0.3) is 0 Å². The maximum Gasteiger partial charge on any atom is 0.237 e. The monoisotopic (exact) mass is 346 g/mol. The maximum absolute atomic E-state index is 12.1. The normalized spacial score (nSPS) is 16.2. The van der Waals surface area contributed by atoms with Gasteiger partial charge in [-0.3, -0.25) is 4.79 Å². The van der Waals surface area contributed by atoms with Gasteiger partial charge in [0.05, 0.1) is 6.04 Å². The van der Waals surface area contributed by atoms with Crippen LogP contribution in [0.2, 0.25) is 0 Å². The van der Waals surface area contributed by atoms with Crippen LogP contribution in [-0.2, 0) is 17.9 Å². The average molecular weight is 347 g/mol. The number of halogens is 1. The molecule has 1 amide bonds. The van der Waals surface area contributed by atoms with Crippen LogP contribution in [0.3, 0.4) is 0 Å². The van der Waals surface area contributed by atoms with Crippen LogP contribution in [0.4, 0.5) is 0 Å². The minimum absolute atomic E-state index is 0. The van der Waals surface area contributed by atoms with E-state index in [4.69, 9.17) is 4.74 Å². The Hall–Kier alpha value is -2.04. The summed E-state index contributed by atoms with van der Waals surface area (Å²) in [5.74, 6) is 0.886. The molecule has 24 heavy (non-hydrogen) atoms. The van der Waals surface area contributed by atoms with E-state index in [9.17, 15) is 4.79 Å². The molecule has 0 bridgehead atoms. The van der Waals surface area contributed by atoms with Gasteiger partial charge in [0.15, 0.2) is 0 Å². The summed E-state index contributed by atoms with van der Waals surface area (Å²) in [6.45, 7) is 1.94. The average Bonchev–Trinajstić information content (AvgIpc) is 3.14. The zero-order valence-corrected chi connectivity index (χ0v) is 14.4. The number of carbonyl (C=O) groups excluding carboxylic acids is 1. The Morgan fingerprint density at radius 2 is 1.88 bits per heavy atom. The second kappa shape index (κ2) is 9.30. The van der Waals surface area contributed by atoms with Crippen molar-refractivity contribution in [2.75, 3.05) is 6.54 Å². The fourth-order valence-corrected chi connectivity index (χ4v) is 2.74. The molecule has 2 N–H and O–H groups in total. The molecule has 0 radical (unpaired) electrons. The van der Waals surface area contributed by atoms with Crippen molar-refractivity contribution in [2.24, 2.45) is 0 Å². The van der Waals surface area contributed by atoms with Gasteiger partial charge in [0, 0.05) is 12.1 Å². The van der Waals surface area contributed by atoms with E-state index in [2.05, 4.69) is 10.6 Å². The number of para-hydroxylation sites is 1. The van der Waals surface area contributed by atoms with Gasteiger partial charge < -0.3 is 15.4 Å². The zero-order valence-electron chi connectivity index (χ0n) is 13.5. The number of benzene rings is 2. The van der Waals surface area contributed by atoms with Crippen molar-refractivity contribution >= 4 is 18.3 Å². The van der Waals surface area contributed by atoms with Crippen molar-refractivity contribution in [1.82, 2.24) is 10.6 Å². The molecule has 5 heteroatoms. The van der Waals surface area contributed by atoms with Crippen LogP contribution in [0, 0.1) is 0 Å². The third-order valence-electron chi connectivity index (χ3n) is 4.04. The summed E-state index contributed by atoms with van der Waals surface area (Å²) in [4.78, 5) is 12.1. The van der Waals surface area contributed by atoms with E-state index in [0.717, 1.165) is 36.3 Å². The lowest BCUT2D eigenvalue weighted by molar-refractivity contribution is -0.122. The lowest BCUT2D eigenvalue weighted by Crippen LogP contribution is -2.40. The second-order valence-corrected chi connectivity index (χ2v) is 5.75. The molecule has 3 rings (SSSR count). The van der Waals surface area contributed by atoms with Crippen LogP contribution in [-0.4, -0.2) is 18.5 Å². The number of ether oxygens (including phenoxy) is 1. The van der Waals surface area contributed by atoms with Crippen LogP contribution >= 0.6 is 12.4 Å². The number of carbonyl (C=O) groups is 1. The molecule has 0 unspecified atom stereocenters. The highest BCUT2D eigenvalue weighted by Crippen LogP contribution is 2.19. The van der Waals surface area contributed by atoms with Crippen molar-refractivity contribution in [1.29, 1.82) is 0 Å². The van der Waals surface area contributed by atoms with Gasteiger partial charge in [-0.1, -0.05) is 48.5 Å². The summed E-state index contributed by atoms with van der Waals surface area (Å²) in [7, 11) is 0. The Labute approximate surface area is 149 Å². The van der Waals surface area contributed by atoms with Crippen LogP contribution < -0.4 is 15.4 Å². The van der Waals surface area contributed by atoms with Crippen molar-refractivity contribution in [3.05, 3.63) is 65.7 Å². The summed E-state index contributed by atoms with van der Waals surface area (Å²) in [6.07, 6.45) is 1.98. The minimum Gasteiger partial charge on any atom is -0.489 e. The smallest absolute Gasteiger partial charge is 0.237 e. The predicted octanol–water partition coefficient (Wildman–Crippen LogP) is 3.06. The Balaban J connectivity index is 0.00000208. The first-order chi connectivity index (χ1) is 11.3. The van der Waals surface area contributed by atoms with Gasteiger partial charge in [-0.25, -0.2) is 0 Å². The molecule has 0 saturated carbocycles. The number of hydrogen-bond acceptors (Lipinski definition) is 3. The van der Waals surface area contributed by atoms with Crippen LogP contribution in [0.5, 0.6) is 5.75 Å². The van der Waals surface area contributed by atoms with E-state index in [0.29, 0.717) is 13.2 Å². The molecule has 1 heterocycles. The summed E-state index contributed by atoms with van der Waals surface area (Å²) < 4.78 is 5.91. The molecule has 1 aliphatic heterocycles. The van der Waals surface area contributed by atoms with Crippen molar-refractivity contribution in [3.8, 4) is 5.75 Å². The van der Waals surface area contributed by atoms with E-state index >= 15 is 0 Å². The van der Waals surface area contributed by atoms with Crippen molar-refractivity contribution < 1.29 is 9.53 Å². The van der Waals surface area contributed by atoms with E-state index in [1.807, 2.05) is 54.6 Å². The zero-order chi connectivity index (χ0) is 15.9. The summed E-state index contributed by atoms with van der Waals surface area (Å²) in [6, 6.07) is 17.9. The minimum atomic E-state index is -0.0487. The van der Waals surface area contributed by atoms with E-state index in [1.165, 1.54) is 0 Å². The molecule has 0 aromatic heterocycles. The first kappa shape index (κ1) is 18.3. The fraction of sp³-hybridized carbons (Fsp3) is 0.316. The van der Waals surface area contributed by atoms with E-state index in [1.54, 1.807) is 0 Å². The molecule has 1 fully saturated rings. The molecule has 1 saturated heterocycles. The highest BCUT2D eigenvalue weighted by atomic mass is 35.5. The highest BCUT2D eigenvalue weighted by molar-refractivity contribution is 5.85. The molecule has 128 valence electrons. The highest BCUT2D eigenvalue weighted by Gasteiger charge is 2.21. The number of rotatable bonds is 6. The first-order valence-corrected chi connectivity index (χ1v) is 8.08. The van der Waals surface area contributed by atoms with Gasteiger partial charge in [0.2, 0.25) is 5.91 Å². The largest absolute Gasteiger partial charge is 0.489 e. The summed E-state index contributed by atoms with van der Waals surface area (Å²) >= 11 is 0. The molecule has 2 aromatic carbocycles. The first-order valence-electron chi connectivity index (χ1n) is 8.08. The third kappa shape index (κ3) is 4.98. The van der Waals surface area contributed by atoms with Crippen LogP contribution in [0.15, 0.2) is 54.6 Å². The Kier molecular flexibility index (Phi) is 7.09. The molecule has 0 aliphatic carbocycles. The lowest BCUT2D eigenvalue weighted by Gasteiger charge is -2.14. The van der Waals surface area contributed by atoms with Gasteiger partial charge in [-0.15, -0.1) is 12.4 Å².